The Hall–Kier alpha value is -0.850. The molecule has 0 spiro atoms. The molecule has 0 N–H and O–H groups in total. The third-order valence-electron chi connectivity index (χ3n) is 4.33. The molecule has 1 nitrogen and oxygen atoms in total. The van der Waals surface area contributed by atoms with E-state index in [2.05, 4.69) is 44.4 Å². The zero-order valence-corrected chi connectivity index (χ0v) is 15.7. The van der Waals surface area contributed by atoms with Crippen molar-refractivity contribution in [3.63, 3.8) is 0 Å². The highest BCUT2D eigenvalue weighted by Crippen LogP contribution is 2.15. The Balaban J connectivity index is 3.34. The molecule has 0 aliphatic rings. The molecule has 0 amide bonds. The summed E-state index contributed by atoms with van der Waals surface area (Å²) in [6.45, 7) is 4.43. The quantitative estimate of drug-likeness (QED) is 0.203. The molecule has 1 radical (unpaired) electrons. The van der Waals surface area contributed by atoms with Gasteiger partial charge >= 0.3 is 0 Å². The first-order chi connectivity index (χ1) is 11.3. The normalized spacial score (nSPS) is 13.1. The Labute approximate surface area is 145 Å². The summed E-state index contributed by atoms with van der Waals surface area (Å²) in [6.07, 6.45) is 28.4. The number of unbranched alkanes of at least 4 members (excludes halogenated alkanes) is 8. The van der Waals surface area contributed by atoms with Gasteiger partial charge in [-0.25, -0.2) is 0 Å². The van der Waals surface area contributed by atoms with Gasteiger partial charge in [0.1, 0.15) is 0 Å². The van der Waals surface area contributed by atoms with E-state index in [0.29, 0.717) is 0 Å². The van der Waals surface area contributed by atoms with E-state index in [1.807, 2.05) is 0 Å². The van der Waals surface area contributed by atoms with Gasteiger partial charge < -0.3 is 0 Å². The maximum Gasteiger partial charge on any atom is 0.201 e. The molecular formula is C22H39O. The highest BCUT2D eigenvalue weighted by atomic mass is 16.1. The summed E-state index contributed by atoms with van der Waals surface area (Å²) in [5.41, 5.74) is 0. The van der Waals surface area contributed by atoms with Gasteiger partial charge in [0.25, 0.3) is 0 Å². The molecule has 1 atom stereocenters. The molecule has 1 unspecified atom stereocenters. The van der Waals surface area contributed by atoms with Crippen LogP contribution >= 0.6 is 0 Å². The Kier molecular flexibility index (Phi) is 18.5. The van der Waals surface area contributed by atoms with Crippen molar-refractivity contribution in [2.24, 2.45) is 5.92 Å². The molecule has 0 fully saturated rings. The van der Waals surface area contributed by atoms with E-state index in [1.165, 1.54) is 64.2 Å². The third-order valence-corrected chi connectivity index (χ3v) is 4.33. The van der Waals surface area contributed by atoms with Crippen LogP contribution in [-0.4, -0.2) is 6.29 Å². The largest absolute Gasteiger partial charge is 0.291 e. The van der Waals surface area contributed by atoms with Gasteiger partial charge in [-0.05, 0) is 44.9 Å². The number of rotatable bonds is 17. The Morgan fingerprint density at radius 3 is 1.87 bits per heavy atom. The van der Waals surface area contributed by atoms with E-state index in [0.717, 1.165) is 25.7 Å². The Bertz CT molecular complexity index is 290. The minimum atomic E-state index is 0.193. The lowest BCUT2D eigenvalue weighted by Gasteiger charge is -2.07. The molecule has 1 heteroatoms. The Morgan fingerprint density at radius 1 is 0.696 bits per heavy atom. The van der Waals surface area contributed by atoms with Crippen LogP contribution in [0.25, 0.3) is 0 Å². The van der Waals surface area contributed by atoms with Crippen LogP contribution in [0.5, 0.6) is 0 Å². The van der Waals surface area contributed by atoms with Gasteiger partial charge in [0.2, 0.25) is 6.29 Å². The van der Waals surface area contributed by atoms with Crippen molar-refractivity contribution in [2.75, 3.05) is 0 Å². The van der Waals surface area contributed by atoms with Crippen molar-refractivity contribution in [3.05, 3.63) is 24.3 Å². The molecule has 0 saturated heterocycles. The number of allylic oxidation sites excluding steroid dienone is 4. The van der Waals surface area contributed by atoms with Crippen molar-refractivity contribution in [2.45, 2.75) is 104 Å². The lowest BCUT2D eigenvalue weighted by atomic mass is 9.96. The fraction of sp³-hybridized carbons (Fsp3) is 0.773. The summed E-state index contributed by atoms with van der Waals surface area (Å²) >= 11 is 0. The van der Waals surface area contributed by atoms with E-state index >= 15 is 0 Å². The Morgan fingerprint density at radius 2 is 1.26 bits per heavy atom. The monoisotopic (exact) mass is 319 g/mol. The highest BCUT2D eigenvalue weighted by Gasteiger charge is 2.06. The summed E-state index contributed by atoms with van der Waals surface area (Å²) in [4.78, 5) is 10.8. The first-order valence-corrected chi connectivity index (χ1v) is 10.0. The third kappa shape index (κ3) is 17.3. The molecule has 0 aromatic rings. The summed E-state index contributed by atoms with van der Waals surface area (Å²) in [7, 11) is 0. The van der Waals surface area contributed by atoms with Crippen molar-refractivity contribution >= 4 is 6.29 Å². The van der Waals surface area contributed by atoms with Gasteiger partial charge in [0.05, 0.1) is 0 Å². The fourth-order valence-corrected chi connectivity index (χ4v) is 2.74. The average Bonchev–Trinajstić information content (AvgIpc) is 2.57. The van der Waals surface area contributed by atoms with Crippen molar-refractivity contribution in [1.29, 1.82) is 0 Å². The first kappa shape index (κ1) is 22.1. The summed E-state index contributed by atoms with van der Waals surface area (Å²) in [5.74, 6) is 0.193. The highest BCUT2D eigenvalue weighted by molar-refractivity contribution is 5.54. The zero-order chi connectivity index (χ0) is 17.0. The predicted molar refractivity (Wildman–Crippen MR) is 103 cm³/mol. The van der Waals surface area contributed by atoms with Gasteiger partial charge in [-0.15, -0.1) is 0 Å². The van der Waals surface area contributed by atoms with Crippen LogP contribution in [0.1, 0.15) is 104 Å². The fourth-order valence-electron chi connectivity index (χ4n) is 2.74. The lowest BCUT2D eigenvalue weighted by molar-refractivity contribution is 0.461. The molecular weight excluding hydrogens is 280 g/mol. The second-order valence-corrected chi connectivity index (χ2v) is 6.62. The lowest BCUT2D eigenvalue weighted by Crippen LogP contribution is -2.01. The standard InChI is InChI=1S/C22H39O/c1-3-5-7-8-9-10-11-12-13-14-15-16-17-18-20-22(21-23)19-6-4-2/h9-10,12-13,22H,3-8,11,14-20H2,1-2H3/b10-9-,13-12-. The van der Waals surface area contributed by atoms with Crippen LogP contribution in [0.4, 0.5) is 0 Å². The van der Waals surface area contributed by atoms with Crippen LogP contribution in [0.15, 0.2) is 24.3 Å². The van der Waals surface area contributed by atoms with E-state index in [-0.39, 0.29) is 5.92 Å². The van der Waals surface area contributed by atoms with Crippen LogP contribution in [0, 0.1) is 5.92 Å². The summed E-state index contributed by atoms with van der Waals surface area (Å²) in [5, 5.41) is 0. The molecule has 0 heterocycles. The molecule has 133 valence electrons. The SMILES string of the molecule is CCCCC/C=C\C/C=C\CCCCCCC([C]=O)CCCC. The molecule has 0 aliphatic heterocycles. The van der Waals surface area contributed by atoms with Crippen LogP contribution in [0.2, 0.25) is 0 Å². The molecule has 0 aromatic carbocycles. The van der Waals surface area contributed by atoms with Crippen molar-refractivity contribution in [3.8, 4) is 0 Å². The number of hydrogen-bond acceptors (Lipinski definition) is 1. The van der Waals surface area contributed by atoms with Gasteiger partial charge in [-0.2, -0.15) is 0 Å². The molecule has 0 saturated carbocycles. The van der Waals surface area contributed by atoms with E-state index < -0.39 is 0 Å². The smallest absolute Gasteiger partial charge is 0.201 e. The first-order valence-electron chi connectivity index (χ1n) is 10.0. The van der Waals surface area contributed by atoms with Gasteiger partial charge in [-0.3, -0.25) is 4.79 Å². The van der Waals surface area contributed by atoms with E-state index in [4.69, 9.17) is 0 Å². The minimum absolute atomic E-state index is 0.193. The van der Waals surface area contributed by atoms with Gasteiger partial charge in [0.15, 0.2) is 0 Å². The van der Waals surface area contributed by atoms with E-state index in [9.17, 15) is 4.79 Å². The maximum atomic E-state index is 10.8. The number of carbonyl (C=O) groups excluding carboxylic acids is 1. The summed E-state index contributed by atoms with van der Waals surface area (Å²) in [6, 6.07) is 0. The van der Waals surface area contributed by atoms with Crippen molar-refractivity contribution in [1.82, 2.24) is 0 Å². The van der Waals surface area contributed by atoms with Gasteiger partial charge in [-0.1, -0.05) is 83.1 Å². The van der Waals surface area contributed by atoms with Gasteiger partial charge in [0, 0.05) is 5.92 Å². The molecule has 0 bridgehead atoms. The second-order valence-electron chi connectivity index (χ2n) is 6.62. The predicted octanol–water partition coefficient (Wildman–Crippen LogP) is 7.33. The van der Waals surface area contributed by atoms with Crippen LogP contribution in [0.3, 0.4) is 0 Å². The maximum absolute atomic E-state index is 10.8. The minimum Gasteiger partial charge on any atom is -0.291 e. The topological polar surface area (TPSA) is 17.1 Å². The molecule has 23 heavy (non-hydrogen) atoms. The van der Waals surface area contributed by atoms with Crippen molar-refractivity contribution < 1.29 is 4.79 Å². The number of hydrogen-bond donors (Lipinski definition) is 0. The zero-order valence-electron chi connectivity index (χ0n) is 15.7. The summed E-state index contributed by atoms with van der Waals surface area (Å²) < 4.78 is 0. The molecule has 0 aromatic heterocycles. The molecule has 0 aliphatic carbocycles. The van der Waals surface area contributed by atoms with Crippen LogP contribution in [-0.2, 0) is 4.79 Å². The second kappa shape index (κ2) is 19.2. The molecule has 0 rings (SSSR count). The van der Waals surface area contributed by atoms with Crippen LogP contribution < -0.4 is 0 Å². The van der Waals surface area contributed by atoms with E-state index in [1.54, 1.807) is 0 Å². The average molecular weight is 320 g/mol.